The summed E-state index contributed by atoms with van der Waals surface area (Å²) in [7, 11) is 6.15. The van der Waals surface area contributed by atoms with Gasteiger partial charge in [-0.3, -0.25) is 0 Å². The number of anilines is 1. The molecular weight excluding hydrogens is 288 g/mol. The van der Waals surface area contributed by atoms with Crippen LogP contribution in [0.5, 0.6) is 0 Å². The van der Waals surface area contributed by atoms with Crippen LogP contribution in [0.1, 0.15) is 26.3 Å². The van der Waals surface area contributed by atoms with E-state index in [1.54, 1.807) is 0 Å². The zero-order valence-corrected chi connectivity index (χ0v) is 15.1. The van der Waals surface area contributed by atoms with Crippen molar-refractivity contribution >= 4 is 30.1 Å². The standard InChI is InChI=1S/C15H26N2OS2/c1-15(2,3)11-12(14(20)13(11)19)17(6)8-10-18-9-7-16(4)5/h7-10H2,1-6H3. The second kappa shape index (κ2) is 7.07. The van der Waals surface area contributed by atoms with Crippen LogP contribution in [0.2, 0.25) is 0 Å². The van der Waals surface area contributed by atoms with Crippen molar-refractivity contribution in [2.45, 2.75) is 26.2 Å². The monoisotopic (exact) mass is 314 g/mol. The molecule has 0 N–H and O–H groups in total. The SMILES string of the molecule is CN(C)CCOCCN(C)c1c(C(C)(C)C)c(=S)c1=S. The summed E-state index contributed by atoms with van der Waals surface area (Å²) in [6, 6.07) is 0. The van der Waals surface area contributed by atoms with E-state index in [0.29, 0.717) is 6.61 Å². The number of hydrogen-bond donors (Lipinski definition) is 0. The summed E-state index contributed by atoms with van der Waals surface area (Å²) in [4.78, 5) is 4.29. The summed E-state index contributed by atoms with van der Waals surface area (Å²) in [5.41, 5.74) is 2.40. The van der Waals surface area contributed by atoms with Crippen LogP contribution in [0.4, 0.5) is 5.69 Å². The summed E-state index contributed by atoms with van der Waals surface area (Å²) in [6.45, 7) is 9.79. The van der Waals surface area contributed by atoms with E-state index in [1.807, 2.05) is 14.1 Å². The van der Waals surface area contributed by atoms with Crippen LogP contribution < -0.4 is 4.90 Å². The Morgan fingerprint density at radius 2 is 1.50 bits per heavy atom. The maximum absolute atomic E-state index is 5.63. The first kappa shape index (κ1) is 17.7. The molecule has 0 aliphatic rings. The molecule has 0 bridgehead atoms. The average Bonchev–Trinajstić information content (AvgIpc) is 2.31. The lowest BCUT2D eigenvalue weighted by molar-refractivity contribution is 0.123. The van der Waals surface area contributed by atoms with Gasteiger partial charge < -0.3 is 14.5 Å². The Morgan fingerprint density at radius 3 is 2.00 bits per heavy atom. The lowest BCUT2D eigenvalue weighted by Gasteiger charge is -2.32. The molecule has 0 amide bonds. The maximum Gasteiger partial charge on any atom is 0.0798 e. The zero-order valence-electron chi connectivity index (χ0n) is 13.4. The van der Waals surface area contributed by atoms with E-state index in [4.69, 9.17) is 29.2 Å². The Kier molecular flexibility index (Phi) is 6.25. The highest BCUT2D eigenvalue weighted by atomic mass is 32.1. The van der Waals surface area contributed by atoms with Crippen LogP contribution in [-0.2, 0) is 10.2 Å². The van der Waals surface area contributed by atoms with Gasteiger partial charge in [0.2, 0.25) is 0 Å². The zero-order chi connectivity index (χ0) is 15.5. The van der Waals surface area contributed by atoms with Crippen molar-refractivity contribution in [3.8, 4) is 0 Å². The van der Waals surface area contributed by atoms with Gasteiger partial charge in [-0.25, -0.2) is 0 Å². The molecule has 5 heteroatoms. The molecule has 1 aromatic rings. The quantitative estimate of drug-likeness (QED) is 0.565. The van der Waals surface area contributed by atoms with Gasteiger partial charge in [-0.1, -0.05) is 45.2 Å². The predicted molar refractivity (Wildman–Crippen MR) is 91.8 cm³/mol. The minimum Gasteiger partial charge on any atom is -0.378 e. The summed E-state index contributed by atoms with van der Waals surface area (Å²) in [6.07, 6.45) is 0. The van der Waals surface area contributed by atoms with Gasteiger partial charge in [0.25, 0.3) is 0 Å². The highest BCUT2D eigenvalue weighted by Crippen LogP contribution is 2.38. The van der Waals surface area contributed by atoms with Gasteiger partial charge in [-0.05, 0) is 19.5 Å². The average molecular weight is 315 g/mol. The third kappa shape index (κ3) is 4.32. The van der Waals surface area contributed by atoms with Crippen LogP contribution in [-0.4, -0.2) is 52.3 Å². The lowest BCUT2D eigenvalue weighted by Crippen LogP contribution is -2.30. The van der Waals surface area contributed by atoms with Crippen LogP contribution >= 0.6 is 24.4 Å². The predicted octanol–water partition coefficient (Wildman–Crippen LogP) is 3.33. The molecule has 0 heterocycles. The Hall–Kier alpha value is -0.360. The molecule has 0 spiro atoms. The molecular formula is C15H26N2OS2. The van der Waals surface area contributed by atoms with E-state index in [1.165, 1.54) is 5.56 Å². The van der Waals surface area contributed by atoms with Crippen molar-refractivity contribution in [1.29, 1.82) is 0 Å². The number of ether oxygens (including phenoxy) is 1. The fraction of sp³-hybridized carbons (Fsp3) is 0.733. The van der Waals surface area contributed by atoms with E-state index in [2.05, 4.69) is 37.6 Å². The largest absolute Gasteiger partial charge is 0.378 e. The first-order valence-corrected chi connectivity index (χ1v) is 7.75. The number of rotatable bonds is 7. The second-order valence-electron chi connectivity index (χ2n) is 6.47. The van der Waals surface area contributed by atoms with E-state index in [0.717, 1.165) is 34.4 Å². The molecule has 0 saturated carbocycles. The fourth-order valence-corrected chi connectivity index (χ4v) is 2.96. The van der Waals surface area contributed by atoms with Crippen LogP contribution in [0.15, 0.2) is 0 Å². The van der Waals surface area contributed by atoms with Gasteiger partial charge in [0.05, 0.1) is 27.9 Å². The third-order valence-corrected chi connectivity index (χ3v) is 4.21. The van der Waals surface area contributed by atoms with E-state index >= 15 is 0 Å². The summed E-state index contributed by atoms with van der Waals surface area (Å²) < 4.78 is 7.33. The molecule has 0 fully saturated rings. The molecule has 1 aromatic carbocycles. The van der Waals surface area contributed by atoms with Crippen molar-refractivity contribution in [2.75, 3.05) is 52.3 Å². The Morgan fingerprint density at radius 1 is 0.950 bits per heavy atom. The van der Waals surface area contributed by atoms with Crippen LogP contribution in [0.25, 0.3) is 0 Å². The number of hydrogen-bond acceptors (Lipinski definition) is 5. The second-order valence-corrected chi connectivity index (χ2v) is 7.29. The van der Waals surface area contributed by atoms with Crippen molar-refractivity contribution in [3.05, 3.63) is 14.6 Å². The van der Waals surface area contributed by atoms with Crippen LogP contribution in [0.3, 0.4) is 0 Å². The van der Waals surface area contributed by atoms with Gasteiger partial charge in [-0.15, -0.1) is 0 Å². The molecule has 0 radical (unpaired) electrons. The Balaban J connectivity index is 2.57. The highest BCUT2D eigenvalue weighted by molar-refractivity contribution is 7.74. The lowest BCUT2D eigenvalue weighted by atomic mass is 9.83. The van der Waals surface area contributed by atoms with Crippen molar-refractivity contribution in [3.63, 3.8) is 0 Å². The van der Waals surface area contributed by atoms with Crippen molar-refractivity contribution < 1.29 is 4.74 Å². The third-order valence-electron chi connectivity index (χ3n) is 3.27. The molecule has 20 heavy (non-hydrogen) atoms. The van der Waals surface area contributed by atoms with Crippen molar-refractivity contribution in [2.24, 2.45) is 0 Å². The minimum atomic E-state index is 0.0504. The van der Waals surface area contributed by atoms with Gasteiger partial charge in [0, 0.05) is 25.7 Å². The maximum atomic E-state index is 5.63. The molecule has 1 rings (SSSR count). The normalized spacial score (nSPS) is 12.3. The molecule has 0 aliphatic carbocycles. The van der Waals surface area contributed by atoms with E-state index in [-0.39, 0.29) is 5.41 Å². The number of likely N-dealkylation sites (N-methyl/N-ethyl adjacent to an activating group) is 2. The summed E-state index contributed by atoms with van der Waals surface area (Å²) in [5.74, 6) is 0. The van der Waals surface area contributed by atoms with E-state index in [9.17, 15) is 0 Å². The Labute approximate surface area is 133 Å². The highest BCUT2D eigenvalue weighted by Gasteiger charge is 2.27. The Bertz CT molecular complexity index is 511. The minimum absolute atomic E-state index is 0.0504. The van der Waals surface area contributed by atoms with Crippen molar-refractivity contribution in [1.82, 2.24) is 4.90 Å². The number of nitrogens with zero attached hydrogens (tertiary/aromatic N) is 2. The van der Waals surface area contributed by atoms with Gasteiger partial charge in [0.15, 0.2) is 0 Å². The molecule has 3 nitrogen and oxygen atoms in total. The van der Waals surface area contributed by atoms with Gasteiger partial charge in [-0.2, -0.15) is 0 Å². The smallest absolute Gasteiger partial charge is 0.0798 e. The fourth-order valence-electron chi connectivity index (χ4n) is 2.10. The molecule has 0 aromatic heterocycles. The first-order chi connectivity index (χ1) is 9.16. The molecule has 114 valence electrons. The summed E-state index contributed by atoms with van der Waals surface area (Å²) in [5, 5.41) is 0. The first-order valence-electron chi connectivity index (χ1n) is 6.93. The van der Waals surface area contributed by atoms with E-state index < -0.39 is 0 Å². The van der Waals surface area contributed by atoms with Gasteiger partial charge >= 0.3 is 0 Å². The molecule has 0 aliphatic heterocycles. The molecule has 0 atom stereocenters. The topological polar surface area (TPSA) is 15.7 Å². The molecule has 0 saturated heterocycles. The van der Waals surface area contributed by atoms with Gasteiger partial charge in [0.1, 0.15) is 0 Å². The molecule has 0 unspecified atom stereocenters. The van der Waals surface area contributed by atoms with Crippen LogP contribution in [0, 0.1) is 9.02 Å². The summed E-state index contributed by atoms with van der Waals surface area (Å²) >= 11 is 10.8.